The molecule has 0 aliphatic heterocycles. The van der Waals surface area contributed by atoms with Crippen molar-refractivity contribution < 1.29 is 19.1 Å². The summed E-state index contributed by atoms with van der Waals surface area (Å²) < 4.78 is 10.7. The van der Waals surface area contributed by atoms with Gasteiger partial charge in [-0.2, -0.15) is 0 Å². The van der Waals surface area contributed by atoms with Crippen LogP contribution in [0.4, 0.5) is 5.69 Å². The lowest BCUT2D eigenvalue weighted by molar-refractivity contribution is 0.0499. The summed E-state index contributed by atoms with van der Waals surface area (Å²) in [6.07, 6.45) is 1.80. The molecule has 1 N–H and O–H groups in total. The summed E-state index contributed by atoms with van der Waals surface area (Å²) in [5.41, 5.74) is 2.48. The summed E-state index contributed by atoms with van der Waals surface area (Å²) in [6.45, 7) is 2.44. The number of amides is 1. The maximum Gasteiger partial charge on any atom is 0.338 e. The average Bonchev–Trinajstić information content (AvgIpc) is 2.84. The van der Waals surface area contributed by atoms with Gasteiger partial charge in [0.15, 0.2) is 0 Å². The molecule has 0 heterocycles. The Morgan fingerprint density at radius 1 is 0.970 bits per heavy atom. The Kier molecular flexibility index (Phi) is 9.22. The molecule has 0 aromatic heterocycles. The van der Waals surface area contributed by atoms with Gasteiger partial charge in [-0.15, -0.1) is 11.8 Å². The number of methoxy groups -OCH3 is 1. The van der Waals surface area contributed by atoms with Crippen LogP contribution in [0.5, 0.6) is 5.75 Å². The van der Waals surface area contributed by atoms with Gasteiger partial charge in [-0.3, -0.25) is 4.79 Å². The molecule has 0 bridgehead atoms. The van der Waals surface area contributed by atoms with E-state index in [2.05, 4.69) is 5.32 Å². The minimum absolute atomic E-state index is 0.242. The number of halogens is 1. The molecule has 3 aromatic carbocycles. The third kappa shape index (κ3) is 7.27. The highest BCUT2D eigenvalue weighted by atomic mass is 35.5. The number of carbonyl (C=O) groups excluding carboxylic acids is 2. The molecule has 0 fully saturated rings. The third-order valence-electron chi connectivity index (χ3n) is 4.86. The van der Waals surface area contributed by atoms with Crippen molar-refractivity contribution in [2.75, 3.05) is 19.0 Å². The van der Waals surface area contributed by atoms with E-state index in [0.717, 1.165) is 29.1 Å². The minimum atomic E-state index is -0.362. The molecule has 0 spiro atoms. The van der Waals surface area contributed by atoms with Crippen LogP contribution in [0.1, 0.15) is 46.0 Å². The standard InChI is InChI=1S/C26H26ClNO4S/c1-3-4-15-32-26(30)18-5-10-22(11-6-18)28-25(29)19-7-14-24(31-2)20(16-19)17-33-23-12-8-21(27)9-13-23/h5-14,16H,3-4,15,17H2,1-2H3,(H,28,29). The van der Waals surface area contributed by atoms with E-state index in [0.29, 0.717) is 34.2 Å². The van der Waals surface area contributed by atoms with Crippen LogP contribution in [-0.2, 0) is 10.5 Å². The topological polar surface area (TPSA) is 64.6 Å². The summed E-state index contributed by atoms with van der Waals surface area (Å²) in [5.74, 6) is 0.757. The van der Waals surface area contributed by atoms with E-state index in [1.165, 1.54) is 0 Å². The largest absolute Gasteiger partial charge is 0.496 e. The number of benzene rings is 3. The molecule has 0 saturated heterocycles. The normalized spacial score (nSPS) is 10.5. The first-order valence-electron chi connectivity index (χ1n) is 10.6. The fourth-order valence-electron chi connectivity index (χ4n) is 3.01. The highest BCUT2D eigenvalue weighted by molar-refractivity contribution is 7.98. The zero-order valence-corrected chi connectivity index (χ0v) is 20.2. The number of hydrogen-bond donors (Lipinski definition) is 1. The fourth-order valence-corrected chi connectivity index (χ4v) is 4.01. The highest BCUT2D eigenvalue weighted by Gasteiger charge is 2.12. The number of anilines is 1. The Hall–Kier alpha value is -2.96. The molecule has 0 aliphatic rings. The first-order chi connectivity index (χ1) is 16.0. The number of ether oxygens (including phenoxy) is 2. The van der Waals surface area contributed by atoms with E-state index in [1.807, 2.05) is 37.3 Å². The van der Waals surface area contributed by atoms with Gasteiger partial charge in [0.2, 0.25) is 0 Å². The van der Waals surface area contributed by atoms with Gasteiger partial charge in [-0.1, -0.05) is 24.9 Å². The van der Waals surface area contributed by atoms with Crippen LogP contribution in [0.2, 0.25) is 5.02 Å². The minimum Gasteiger partial charge on any atom is -0.496 e. The van der Waals surface area contributed by atoms with Crippen molar-refractivity contribution in [3.63, 3.8) is 0 Å². The molecule has 5 nitrogen and oxygen atoms in total. The predicted octanol–water partition coefficient (Wildman–Crippen LogP) is 6.85. The van der Waals surface area contributed by atoms with Gasteiger partial charge >= 0.3 is 5.97 Å². The van der Waals surface area contributed by atoms with Gasteiger partial charge in [0.05, 0.1) is 19.3 Å². The summed E-state index contributed by atoms with van der Waals surface area (Å²) in [4.78, 5) is 25.9. The van der Waals surface area contributed by atoms with E-state index >= 15 is 0 Å². The Morgan fingerprint density at radius 3 is 2.33 bits per heavy atom. The van der Waals surface area contributed by atoms with Crippen LogP contribution in [0, 0.1) is 0 Å². The van der Waals surface area contributed by atoms with Crippen molar-refractivity contribution in [2.24, 2.45) is 0 Å². The number of unbranched alkanes of at least 4 members (excludes halogenated alkanes) is 1. The number of nitrogens with one attached hydrogen (secondary N) is 1. The second-order valence-corrected chi connectivity index (χ2v) is 8.78. The Bertz CT molecular complexity index is 1080. The number of esters is 1. The van der Waals surface area contributed by atoms with Crippen molar-refractivity contribution in [1.82, 2.24) is 0 Å². The first kappa shape index (κ1) is 24.7. The Labute approximate surface area is 203 Å². The maximum absolute atomic E-state index is 12.8. The van der Waals surface area contributed by atoms with E-state index in [9.17, 15) is 9.59 Å². The fraction of sp³-hybridized carbons (Fsp3) is 0.231. The number of hydrogen-bond acceptors (Lipinski definition) is 5. The van der Waals surface area contributed by atoms with Gasteiger partial charge in [0.25, 0.3) is 5.91 Å². The molecule has 7 heteroatoms. The van der Waals surface area contributed by atoms with E-state index in [-0.39, 0.29) is 11.9 Å². The summed E-state index contributed by atoms with van der Waals surface area (Å²) >= 11 is 7.58. The second kappa shape index (κ2) is 12.3. The van der Waals surface area contributed by atoms with Crippen LogP contribution in [0.15, 0.2) is 71.6 Å². The Balaban J connectivity index is 1.65. The van der Waals surface area contributed by atoms with Crippen molar-refractivity contribution in [2.45, 2.75) is 30.4 Å². The molecular formula is C26H26ClNO4S. The van der Waals surface area contributed by atoms with Crippen LogP contribution in [0.3, 0.4) is 0 Å². The molecule has 0 saturated carbocycles. The van der Waals surface area contributed by atoms with Gasteiger partial charge in [0.1, 0.15) is 5.75 Å². The zero-order chi connectivity index (χ0) is 23.6. The quantitative estimate of drug-likeness (QED) is 0.194. The molecule has 0 aliphatic carbocycles. The van der Waals surface area contributed by atoms with E-state index in [1.54, 1.807) is 55.3 Å². The number of thioether (sulfide) groups is 1. The SMILES string of the molecule is CCCCOC(=O)c1ccc(NC(=O)c2ccc(OC)c(CSc3ccc(Cl)cc3)c2)cc1. The van der Waals surface area contributed by atoms with Gasteiger partial charge in [0, 0.05) is 32.5 Å². The molecule has 33 heavy (non-hydrogen) atoms. The number of rotatable bonds is 10. The second-order valence-electron chi connectivity index (χ2n) is 7.29. The molecule has 0 unspecified atom stereocenters. The van der Waals surface area contributed by atoms with Crippen molar-refractivity contribution >= 4 is 40.9 Å². The number of carbonyl (C=O) groups is 2. The molecule has 3 rings (SSSR count). The van der Waals surface area contributed by atoms with E-state index in [4.69, 9.17) is 21.1 Å². The molecule has 0 radical (unpaired) electrons. The van der Waals surface area contributed by atoms with Crippen molar-refractivity contribution in [3.05, 3.63) is 88.4 Å². The van der Waals surface area contributed by atoms with Crippen molar-refractivity contribution in [3.8, 4) is 5.75 Å². The van der Waals surface area contributed by atoms with Crippen molar-refractivity contribution in [1.29, 1.82) is 0 Å². The van der Waals surface area contributed by atoms with E-state index < -0.39 is 0 Å². The van der Waals surface area contributed by atoms with Crippen LogP contribution < -0.4 is 10.1 Å². The van der Waals surface area contributed by atoms with Crippen LogP contribution in [-0.4, -0.2) is 25.6 Å². The third-order valence-corrected chi connectivity index (χ3v) is 6.17. The lowest BCUT2D eigenvalue weighted by Gasteiger charge is -2.12. The first-order valence-corrected chi connectivity index (χ1v) is 12.0. The van der Waals surface area contributed by atoms with Gasteiger partial charge < -0.3 is 14.8 Å². The predicted molar refractivity (Wildman–Crippen MR) is 134 cm³/mol. The molecular weight excluding hydrogens is 458 g/mol. The smallest absolute Gasteiger partial charge is 0.338 e. The molecule has 0 atom stereocenters. The Morgan fingerprint density at radius 2 is 1.67 bits per heavy atom. The van der Waals surface area contributed by atoms with Gasteiger partial charge in [-0.25, -0.2) is 4.79 Å². The molecule has 1 amide bonds. The summed E-state index contributed by atoms with van der Waals surface area (Å²) in [6, 6.07) is 19.6. The molecule has 3 aromatic rings. The highest BCUT2D eigenvalue weighted by Crippen LogP contribution is 2.29. The van der Waals surface area contributed by atoms with Crippen LogP contribution >= 0.6 is 23.4 Å². The van der Waals surface area contributed by atoms with Gasteiger partial charge in [-0.05, 0) is 73.2 Å². The van der Waals surface area contributed by atoms with Crippen LogP contribution in [0.25, 0.3) is 0 Å². The average molecular weight is 484 g/mol. The summed E-state index contributed by atoms with van der Waals surface area (Å²) in [5, 5.41) is 3.56. The monoisotopic (exact) mass is 483 g/mol. The zero-order valence-electron chi connectivity index (χ0n) is 18.6. The molecule has 172 valence electrons. The lowest BCUT2D eigenvalue weighted by Crippen LogP contribution is -2.13. The lowest BCUT2D eigenvalue weighted by atomic mass is 10.1. The maximum atomic E-state index is 12.8. The summed E-state index contributed by atoms with van der Waals surface area (Å²) in [7, 11) is 1.61.